The van der Waals surface area contributed by atoms with Crippen molar-refractivity contribution in [3.63, 3.8) is 0 Å². The summed E-state index contributed by atoms with van der Waals surface area (Å²) >= 11 is 0. The van der Waals surface area contributed by atoms with Crippen molar-refractivity contribution in [1.82, 2.24) is 25.1 Å². The first-order chi connectivity index (χ1) is 9.61. The van der Waals surface area contributed by atoms with Crippen molar-refractivity contribution in [2.24, 2.45) is 0 Å². The van der Waals surface area contributed by atoms with Crippen molar-refractivity contribution in [3.8, 4) is 0 Å². The Bertz CT molecular complexity index is 552. The SMILES string of the molecule is CCNC(Cc1ncnn1C(C)C)c1cncc(F)c1. The molecule has 5 nitrogen and oxygen atoms in total. The van der Waals surface area contributed by atoms with Gasteiger partial charge in [-0.3, -0.25) is 4.98 Å². The lowest BCUT2D eigenvalue weighted by atomic mass is 10.1. The molecule has 0 aliphatic carbocycles. The maximum atomic E-state index is 13.3. The number of nitrogens with one attached hydrogen (secondary N) is 1. The summed E-state index contributed by atoms with van der Waals surface area (Å²) in [7, 11) is 0. The van der Waals surface area contributed by atoms with Crippen molar-refractivity contribution in [2.45, 2.75) is 39.3 Å². The van der Waals surface area contributed by atoms with Gasteiger partial charge in [-0.1, -0.05) is 6.92 Å². The predicted molar refractivity (Wildman–Crippen MR) is 74.7 cm³/mol. The van der Waals surface area contributed by atoms with Gasteiger partial charge >= 0.3 is 0 Å². The van der Waals surface area contributed by atoms with Crippen LogP contribution in [0.2, 0.25) is 0 Å². The molecule has 6 heteroatoms. The van der Waals surface area contributed by atoms with E-state index in [2.05, 4.69) is 34.2 Å². The highest BCUT2D eigenvalue weighted by Gasteiger charge is 2.17. The van der Waals surface area contributed by atoms with Crippen LogP contribution in [0.5, 0.6) is 0 Å². The Kier molecular flexibility index (Phi) is 4.79. The van der Waals surface area contributed by atoms with Crippen LogP contribution in [-0.2, 0) is 6.42 Å². The highest BCUT2D eigenvalue weighted by molar-refractivity contribution is 5.16. The molecule has 108 valence electrons. The maximum Gasteiger partial charge on any atom is 0.141 e. The summed E-state index contributed by atoms with van der Waals surface area (Å²) in [6.07, 6.45) is 5.11. The zero-order chi connectivity index (χ0) is 14.5. The molecule has 0 bridgehead atoms. The van der Waals surface area contributed by atoms with Crippen LogP contribution in [0.1, 0.15) is 44.2 Å². The van der Waals surface area contributed by atoms with Crippen molar-refractivity contribution >= 4 is 0 Å². The second-order valence-electron chi connectivity index (χ2n) is 4.97. The van der Waals surface area contributed by atoms with Gasteiger partial charge in [-0.2, -0.15) is 5.10 Å². The highest BCUT2D eigenvalue weighted by Crippen LogP contribution is 2.18. The molecule has 2 heterocycles. The lowest BCUT2D eigenvalue weighted by molar-refractivity contribution is 0.466. The zero-order valence-electron chi connectivity index (χ0n) is 12.0. The van der Waals surface area contributed by atoms with Crippen LogP contribution in [0.4, 0.5) is 4.39 Å². The Hall–Kier alpha value is -1.82. The molecule has 0 amide bonds. The molecule has 2 aromatic rings. The van der Waals surface area contributed by atoms with Crippen LogP contribution >= 0.6 is 0 Å². The second-order valence-corrected chi connectivity index (χ2v) is 4.97. The van der Waals surface area contributed by atoms with E-state index in [-0.39, 0.29) is 17.9 Å². The third kappa shape index (κ3) is 3.39. The van der Waals surface area contributed by atoms with E-state index >= 15 is 0 Å². The van der Waals surface area contributed by atoms with E-state index in [0.29, 0.717) is 6.42 Å². The Morgan fingerprint density at radius 2 is 2.15 bits per heavy atom. The molecule has 0 radical (unpaired) electrons. The summed E-state index contributed by atoms with van der Waals surface area (Å²) < 4.78 is 15.2. The number of pyridine rings is 1. The van der Waals surface area contributed by atoms with Gasteiger partial charge < -0.3 is 5.32 Å². The summed E-state index contributed by atoms with van der Waals surface area (Å²) in [4.78, 5) is 8.22. The van der Waals surface area contributed by atoms with Crippen LogP contribution in [0.15, 0.2) is 24.8 Å². The lowest BCUT2D eigenvalue weighted by Gasteiger charge is -2.19. The molecule has 0 saturated heterocycles. The first-order valence-corrected chi connectivity index (χ1v) is 6.84. The highest BCUT2D eigenvalue weighted by atomic mass is 19.1. The Morgan fingerprint density at radius 3 is 2.80 bits per heavy atom. The molecular formula is C14H20FN5. The first-order valence-electron chi connectivity index (χ1n) is 6.84. The first kappa shape index (κ1) is 14.6. The van der Waals surface area contributed by atoms with E-state index in [0.717, 1.165) is 17.9 Å². The molecule has 0 aromatic carbocycles. The molecule has 20 heavy (non-hydrogen) atoms. The quantitative estimate of drug-likeness (QED) is 0.880. The fraction of sp³-hybridized carbons (Fsp3) is 0.500. The molecule has 0 spiro atoms. The van der Waals surface area contributed by atoms with Gasteiger partial charge in [-0.25, -0.2) is 14.1 Å². The third-order valence-corrected chi connectivity index (χ3v) is 3.10. The smallest absolute Gasteiger partial charge is 0.141 e. The average molecular weight is 277 g/mol. The number of hydrogen-bond donors (Lipinski definition) is 1. The summed E-state index contributed by atoms with van der Waals surface area (Å²) in [5.41, 5.74) is 0.824. The number of halogens is 1. The van der Waals surface area contributed by atoms with Crippen LogP contribution in [0, 0.1) is 5.82 Å². The number of aromatic nitrogens is 4. The second kappa shape index (κ2) is 6.56. The van der Waals surface area contributed by atoms with Crippen molar-refractivity contribution in [3.05, 3.63) is 42.0 Å². The van der Waals surface area contributed by atoms with Gasteiger partial charge in [0.05, 0.1) is 6.20 Å². The van der Waals surface area contributed by atoms with Crippen molar-refractivity contribution in [2.75, 3.05) is 6.54 Å². The predicted octanol–water partition coefficient (Wildman–Crippen LogP) is 2.29. The van der Waals surface area contributed by atoms with Crippen LogP contribution in [0.3, 0.4) is 0 Å². The van der Waals surface area contributed by atoms with Gasteiger partial charge in [0.25, 0.3) is 0 Å². The monoisotopic (exact) mass is 277 g/mol. The van der Waals surface area contributed by atoms with Gasteiger partial charge in [0.2, 0.25) is 0 Å². The van der Waals surface area contributed by atoms with Gasteiger partial charge in [-0.05, 0) is 32.0 Å². The molecule has 1 N–H and O–H groups in total. The molecule has 1 unspecified atom stereocenters. The Labute approximate surface area is 118 Å². The minimum atomic E-state index is -0.323. The van der Waals surface area contributed by atoms with E-state index < -0.39 is 0 Å². The van der Waals surface area contributed by atoms with Gasteiger partial charge in [0.1, 0.15) is 18.0 Å². The van der Waals surface area contributed by atoms with Crippen LogP contribution < -0.4 is 5.32 Å². The third-order valence-electron chi connectivity index (χ3n) is 3.10. The molecule has 1 atom stereocenters. The molecule has 0 aliphatic heterocycles. The number of likely N-dealkylation sites (N-methyl/N-ethyl adjacent to an activating group) is 1. The minimum Gasteiger partial charge on any atom is -0.310 e. The standard InChI is InChI=1S/C14H20FN5/c1-4-17-13(11-5-12(15)8-16-7-11)6-14-18-9-19-20(14)10(2)3/h5,7-10,13,17H,4,6H2,1-3H3. The van der Waals surface area contributed by atoms with Crippen LogP contribution in [-0.4, -0.2) is 26.3 Å². The fourth-order valence-corrected chi connectivity index (χ4v) is 2.21. The van der Waals surface area contributed by atoms with E-state index in [9.17, 15) is 4.39 Å². The largest absolute Gasteiger partial charge is 0.310 e. The van der Waals surface area contributed by atoms with E-state index in [1.807, 2.05) is 11.6 Å². The van der Waals surface area contributed by atoms with E-state index in [1.54, 1.807) is 12.5 Å². The van der Waals surface area contributed by atoms with E-state index in [4.69, 9.17) is 0 Å². The molecule has 0 saturated carbocycles. The van der Waals surface area contributed by atoms with Crippen LogP contribution in [0.25, 0.3) is 0 Å². The van der Waals surface area contributed by atoms with Gasteiger partial charge in [-0.15, -0.1) is 0 Å². The maximum absolute atomic E-state index is 13.3. The summed E-state index contributed by atoms with van der Waals surface area (Å²) in [6, 6.07) is 1.74. The number of nitrogens with zero attached hydrogens (tertiary/aromatic N) is 4. The van der Waals surface area contributed by atoms with Crippen molar-refractivity contribution in [1.29, 1.82) is 0 Å². The fourth-order valence-electron chi connectivity index (χ4n) is 2.21. The number of hydrogen-bond acceptors (Lipinski definition) is 4. The minimum absolute atomic E-state index is 0.0232. The van der Waals surface area contributed by atoms with Gasteiger partial charge in [0, 0.05) is 24.7 Å². The topological polar surface area (TPSA) is 55.6 Å². The molecular weight excluding hydrogens is 257 g/mol. The molecule has 2 aromatic heterocycles. The number of rotatable bonds is 6. The molecule has 2 rings (SSSR count). The normalized spacial score (nSPS) is 12.8. The van der Waals surface area contributed by atoms with Crippen molar-refractivity contribution < 1.29 is 4.39 Å². The van der Waals surface area contributed by atoms with Gasteiger partial charge in [0.15, 0.2) is 0 Å². The molecule has 0 aliphatic rings. The summed E-state index contributed by atoms with van der Waals surface area (Å²) in [6.45, 7) is 6.93. The lowest BCUT2D eigenvalue weighted by Crippen LogP contribution is -2.25. The summed E-state index contributed by atoms with van der Waals surface area (Å²) in [5.74, 6) is 0.561. The average Bonchev–Trinajstić information content (AvgIpc) is 2.86. The van der Waals surface area contributed by atoms with E-state index in [1.165, 1.54) is 12.3 Å². The molecule has 0 fully saturated rings. The Morgan fingerprint density at radius 1 is 1.35 bits per heavy atom. The Balaban J connectivity index is 2.23. The summed E-state index contributed by atoms with van der Waals surface area (Å²) in [5, 5.41) is 7.57. The zero-order valence-corrected chi connectivity index (χ0v) is 12.0.